The highest BCUT2D eigenvalue weighted by atomic mass is 79.9. The number of nitrogens with zero attached hydrogens (tertiary/aromatic N) is 3. The Hall–Kier alpha value is -2.34. The smallest absolute Gasteiger partial charge is 0.274 e. The molecule has 6 atom stereocenters. The van der Waals surface area contributed by atoms with E-state index in [4.69, 9.17) is 23.2 Å². The van der Waals surface area contributed by atoms with Gasteiger partial charge in [-0.1, -0.05) is 55.1 Å². The highest BCUT2D eigenvalue weighted by Gasteiger charge is 2.67. The second kappa shape index (κ2) is 9.76. The Morgan fingerprint density at radius 1 is 1.00 bits per heavy atom. The lowest BCUT2D eigenvalue weighted by molar-refractivity contribution is -0.384. The first-order chi connectivity index (χ1) is 17.5. The van der Waals surface area contributed by atoms with Crippen molar-refractivity contribution < 1.29 is 24.1 Å². The van der Waals surface area contributed by atoms with Crippen LogP contribution in [0, 0.1) is 33.8 Å². The van der Waals surface area contributed by atoms with Gasteiger partial charge >= 0.3 is 0 Å². The number of halogens is 4. The third-order valence-corrected chi connectivity index (χ3v) is 11.0. The molecule has 2 aromatic rings. The summed E-state index contributed by atoms with van der Waals surface area (Å²) >= 11 is 19.5. The third kappa shape index (κ3) is 4.29. The molecule has 3 fully saturated rings. The summed E-state index contributed by atoms with van der Waals surface area (Å²) in [5, 5.41) is 12.9. The van der Waals surface area contributed by atoms with E-state index in [0.29, 0.717) is 6.42 Å². The number of carbonyl (C=O) groups excluding carboxylic acids is 4. The predicted octanol–water partition coefficient (Wildman–Crippen LogP) is 4.92. The summed E-state index contributed by atoms with van der Waals surface area (Å²) < 4.78 is 0. The molecule has 3 aliphatic rings. The number of rotatable bonds is 6. The number of imide groups is 1. The Labute approximate surface area is 237 Å². The largest absolute Gasteiger partial charge is 0.292 e. The van der Waals surface area contributed by atoms with Crippen molar-refractivity contribution in [3.05, 3.63) is 73.8 Å². The van der Waals surface area contributed by atoms with Crippen LogP contribution >= 0.6 is 55.1 Å². The van der Waals surface area contributed by atoms with Crippen LogP contribution in [0.5, 0.6) is 0 Å². The number of fused-ring (bicyclic) bond motifs is 5. The minimum atomic E-state index is -0.822. The second-order valence-corrected chi connectivity index (χ2v) is 12.2. The topological polar surface area (TPSA) is 118 Å². The van der Waals surface area contributed by atoms with Crippen molar-refractivity contribution in [1.82, 2.24) is 10.0 Å². The minimum Gasteiger partial charge on any atom is -0.292 e. The van der Waals surface area contributed by atoms with Crippen molar-refractivity contribution in [2.75, 3.05) is 6.54 Å². The fourth-order valence-electron chi connectivity index (χ4n) is 5.60. The van der Waals surface area contributed by atoms with Gasteiger partial charge in [-0.15, -0.1) is 0 Å². The maximum atomic E-state index is 13.7. The van der Waals surface area contributed by atoms with Gasteiger partial charge in [0.15, 0.2) is 5.78 Å². The number of carbonyl (C=O) groups is 4. The Bertz CT molecular complexity index is 1320. The molecule has 1 saturated heterocycles. The van der Waals surface area contributed by atoms with Crippen LogP contribution in [-0.2, 0) is 9.59 Å². The summed E-state index contributed by atoms with van der Waals surface area (Å²) in [4.78, 5) is 64.5. The summed E-state index contributed by atoms with van der Waals surface area (Å²) in [5.74, 6) is -3.93. The number of hydrazine groups is 1. The Balaban J connectivity index is 1.51. The average molecular weight is 674 g/mol. The van der Waals surface area contributed by atoms with Gasteiger partial charge in [-0.2, -0.15) is 5.01 Å². The molecule has 2 aromatic carbocycles. The fraction of sp³-hybridized carbons (Fsp3) is 0.333. The lowest BCUT2D eigenvalue weighted by Crippen LogP contribution is -2.52. The summed E-state index contributed by atoms with van der Waals surface area (Å²) in [7, 11) is 0. The zero-order valence-electron chi connectivity index (χ0n) is 18.7. The summed E-state index contributed by atoms with van der Waals surface area (Å²) in [6, 6.07) is 8.98. The highest BCUT2D eigenvalue weighted by Crippen LogP contribution is 2.60. The highest BCUT2D eigenvalue weighted by molar-refractivity contribution is 9.12. The molecular weight excluding hydrogens is 657 g/mol. The van der Waals surface area contributed by atoms with Gasteiger partial charge in [0.2, 0.25) is 0 Å². The molecule has 2 saturated carbocycles. The van der Waals surface area contributed by atoms with Gasteiger partial charge in [-0.3, -0.25) is 29.3 Å². The van der Waals surface area contributed by atoms with Crippen LogP contribution in [0.25, 0.3) is 0 Å². The maximum absolute atomic E-state index is 13.7. The SMILES string of the molecule is O=C(CN(C(=O)c1ccc(Cl)cc1Cl)N1C(=O)[C@@H]2[C@H]3C[C@@H]([C@H](Br)[C@H]3Br)[C@@H]2C1=O)c1ccc([N+](=O)[O-])cc1. The van der Waals surface area contributed by atoms with Crippen molar-refractivity contribution >= 4 is 84.3 Å². The molecule has 2 bridgehead atoms. The van der Waals surface area contributed by atoms with Crippen molar-refractivity contribution in [3.63, 3.8) is 0 Å². The van der Waals surface area contributed by atoms with Crippen molar-refractivity contribution in [1.29, 1.82) is 0 Å². The average Bonchev–Trinajstić information content (AvgIpc) is 3.47. The van der Waals surface area contributed by atoms with E-state index in [0.717, 1.165) is 22.2 Å². The van der Waals surface area contributed by atoms with Crippen LogP contribution < -0.4 is 0 Å². The van der Waals surface area contributed by atoms with Gasteiger partial charge in [-0.25, -0.2) is 5.01 Å². The number of amides is 3. The zero-order chi connectivity index (χ0) is 26.8. The number of hydrogen-bond acceptors (Lipinski definition) is 6. The molecule has 3 amide bonds. The molecule has 5 rings (SSSR count). The molecule has 0 unspecified atom stereocenters. The van der Waals surface area contributed by atoms with Gasteiger partial charge in [0.05, 0.1) is 27.3 Å². The van der Waals surface area contributed by atoms with E-state index >= 15 is 0 Å². The van der Waals surface area contributed by atoms with Crippen molar-refractivity contribution in [2.45, 2.75) is 16.1 Å². The van der Waals surface area contributed by atoms with E-state index in [2.05, 4.69) is 31.9 Å². The molecule has 9 nitrogen and oxygen atoms in total. The van der Waals surface area contributed by atoms with Crippen LogP contribution in [0.15, 0.2) is 42.5 Å². The summed E-state index contributed by atoms with van der Waals surface area (Å²) in [6.45, 7) is -0.655. The van der Waals surface area contributed by atoms with Crippen molar-refractivity contribution in [2.24, 2.45) is 23.7 Å². The molecule has 0 spiro atoms. The predicted molar refractivity (Wildman–Crippen MR) is 141 cm³/mol. The lowest BCUT2D eigenvalue weighted by Gasteiger charge is -2.31. The van der Waals surface area contributed by atoms with Gasteiger partial charge in [0.25, 0.3) is 23.4 Å². The molecule has 2 aliphatic carbocycles. The second-order valence-electron chi connectivity index (χ2n) is 9.21. The minimum absolute atomic E-state index is 0.00736. The number of nitro groups is 1. The number of ketones is 1. The number of alkyl halides is 2. The monoisotopic (exact) mass is 671 g/mol. The normalized spacial score (nSPS) is 27.9. The lowest BCUT2D eigenvalue weighted by atomic mass is 9.81. The number of Topliss-reactive ketones (excluding diaryl/α,β-unsaturated/α-hetero) is 1. The Morgan fingerprint density at radius 2 is 1.57 bits per heavy atom. The van der Waals surface area contributed by atoms with E-state index in [9.17, 15) is 29.3 Å². The molecule has 1 heterocycles. The van der Waals surface area contributed by atoms with Crippen LogP contribution in [0.1, 0.15) is 27.1 Å². The quantitative estimate of drug-likeness (QED) is 0.141. The first kappa shape index (κ1) is 26.3. The van der Waals surface area contributed by atoms with E-state index in [-0.39, 0.29) is 48.3 Å². The summed E-state index contributed by atoms with van der Waals surface area (Å²) in [5.41, 5.74) is -0.176. The standard InChI is InChI=1S/C24H17Br2Cl2N3O6/c25-20-14-8-15(21(20)26)19-18(14)23(34)30(24(19)35)29(22(33)13-6-3-11(27)7-16(13)28)9-17(32)10-1-4-12(5-2-10)31(36)37/h1-7,14-15,18-21H,8-9H2/t14-,15-,18-,19+,20+,21+/m1/s1. The number of nitro benzene ring substituents is 1. The van der Waals surface area contributed by atoms with E-state index < -0.39 is 46.8 Å². The first-order valence-electron chi connectivity index (χ1n) is 11.2. The Morgan fingerprint density at radius 3 is 2.08 bits per heavy atom. The summed E-state index contributed by atoms with van der Waals surface area (Å²) in [6.07, 6.45) is 0.700. The number of non-ortho nitro benzene ring substituents is 1. The van der Waals surface area contributed by atoms with Crippen LogP contribution in [0.4, 0.5) is 5.69 Å². The molecule has 0 radical (unpaired) electrons. The van der Waals surface area contributed by atoms with Crippen molar-refractivity contribution in [3.8, 4) is 0 Å². The van der Waals surface area contributed by atoms with E-state index in [1.165, 1.54) is 30.3 Å². The van der Waals surface area contributed by atoms with E-state index in [1.807, 2.05) is 0 Å². The van der Waals surface area contributed by atoms with Crippen LogP contribution in [0.2, 0.25) is 10.0 Å². The number of benzene rings is 2. The van der Waals surface area contributed by atoms with Crippen LogP contribution in [-0.4, -0.2) is 54.6 Å². The molecule has 1 aliphatic heterocycles. The van der Waals surface area contributed by atoms with Gasteiger partial charge in [0.1, 0.15) is 6.54 Å². The maximum Gasteiger partial charge on any atom is 0.274 e. The Kier molecular flexibility index (Phi) is 6.93. The van der Waals surface area contributed by atoms with Gasteiger partial charge in [0, 0.05) is 32.4 Å². The van der Waals surface area contributed by atoms with E-state index in [1.54, 1.807) is 0 Å². The molecule has 0 N–H and O–H groups in total. The van der Waals surface area contributed by atoms with Crippen LogP contribution in [0.3, 0.4) is 0 Å². The zero-order valence-corrected chi connectivity index (χ0v) is 23.4. The van der Waals surface area contributed by atoms with Gasteiger partial charge in [-0.05, 0) is 48.6 Å². The molecular formula is C24H17Br2Cl2N3O6. The molecule has 13 heteroatoms. The molecule has 37 heavy (non-hydrogen) atoms. The fourth-order valence-corrected chi connectivity index (χ4v) is 7.97. The first-order valence-corrected chi connectivity index (χ1v) is 13.8. The molecule has 0 aromatic heterocycles. The molecule has 192 valence electrons. The van der Waals surface area contributed by atoms with Gasteiger partial charge < -0.3 is 0 Å². The third-order valence-electron chi connectivity index (χ3n) is 7.29. The number of hydrogen-bond donors (Lipinski definition) is 0.